The van der Waals surface area contributed by atoms with Crippen molar-refractivity contribution in [3.05, 3.63) is 21.3 Å². The fourth-order valence-electron chi connectivity index (χ4n) is 1.27. The van der Waals surface area contributed by atoms with E-state index in [0.717, 1.165) is 10.9 Å². The Hall–Kier alpha value is -0.0500. The lowest BCUT2D eigenvalue weighted by Crippen LogP contribution is -2.26. The predicted octanol–water partition coefficient (Wildman–Crippen LogP) is 3.68. The zero-order valence-electron chi connectivity index (χ0n) is 8.14. The Morgan fingerprint density at radius 1 is 1.38 bits per heavy atom. The number of rotatable bonds is 5. The summed E-state index contributed by atoms with van der Waals surface area (Å²) in [5.41, 5.74) is 0. The molecule has 0 bridgehead atoms. The molecular formula is C10H16ClNS. The molecule has 13 heavy (non-hydrogen) atoms. The Bertz CT molecular complexity index is 243. The molecule has 1 heterocycles. The molecule has 0 aliphatic heterocycles. The van der Waals surface area contributed by atoms with E-state index >= 15 is 0 Å². The summed E-state index contributed by atoms with van der Waals surface area (Å²) in [6, 6.07) is 4.68. The molecule has 0 fully saturated rings. The van der Waals surface area contributed by atoms with E-state index in [9.17, 15) is 0 Å². The van der Waals surface area contributed by atoms with Crippen LogP contribution in [-0.2, 0) is 6.54 Å². The van der Waals surface area contributed by atoms with E-state index in [1.165, 1.54) is 17.7 Å². The molecule has 0 radical (unpaired) electrons. The lowest BCUT2D eigenvalue weighted by atomic mass is 10.2. The molecule has 0 amide bonds. The lowest BCUT2D eigenvalue weighted by Gasteiger charge is -2.13. The van der Waals surface area contributed by atoms with E-state index in [0.29, 0.717) is 6.04 Å². The average molecular weight is 218 g/mol. The minimum atomic E-state index is 0.640. The van der Waals surface area contributed by atoms with Gasteiger partial charge in [0.25, 0.3) is 0 Å². The van der Waals surface area contributed by atoms with Gasteiger partial charge in [-0.3, -0.25) is 0 Å². The van der Waals surface area contributed by atoms with Gasteiger partial charge >= 0.3 is 0 Å². The van der Waals surface area contributed by atoms with Crippen LogP contribution in [-0.4, -0.2) is 6.04 Å². The molecule has 0 aliphatic rings. The predicted molar refractivity (Wildman–Crippen MR) is 60.5 cm³/mol. The van der Waals surface area contributed by atoms with E-state index < -0.39 is 0 Å². The van der Waals surface area contributed by atoms with Gasteiger partial charge in [-0.25, -0.2) is 0 Å². The van der Waals surface area contributed by atoms with Crippen LogP contribution in [0, 0.1) is 0 Å². The van der Waals surface area contributed by atoms with Crippen LogP contribution in [0.3, 0.4) is 0 Å². The second-order valence-corrected chi connectivity index (χ2v) is 4.90. The molecule has 0 aliphatic carbocycles. The molecule has 1 aromatic heterocycles. The van der Waals surface area contributed by atoms with Crippen molar-refractivity contribution in [3.63, 3.8) is 0 Å². The second kappa shape index (κ2) is 5.63. The van der Waals surface area contributed by atoms with Crippen molar-refractivity contribution < 1.29 is 0 Å². The molecule has 1 aromatic rings. The topological polar surface area (TPSA) is 12.0 Å². The summed E-state index contributed by atoms with van der Waals surface area (Å²) in [7, 11) is 0. The number of hydrogen-bond acceptors (Lipinski definition) is 2. The third-order valence-electron chi connectivity index (χ3n) is 2.18. The fraction of sp³-hybridized carbons (Fsp3) is 0.600. The van der Waals surface area contributed by atoms with E-state index in [4.69, 9.17) is 11.6 Å². The number of hydrogen-bond donors (Lipinski definition) is 1. The van der Waals surface area contributed by atoms with Crippen molar-refractivity contribution in [1.29, 1.82) is 0 Å². The summed E-state index contributed by atoms with van der Waals surface area (Å²) < 4.78 is 0.876. The maximum atomic E-state index is 5.83. The molecule has 0 saturated heterocycles. The van der Waals surface area contributed by atoms with Crippen LogP contribution in [0.1, 0.15) is 31.6 Å². The van der Waals surface area contributed by atoms with Crippen molar-refractivity contribution in [2.45, 2.75) is 39.3 Å². The number of nitrogens with one attached hydrogen (secondary N) is 1. The SMILES string of the molecule is CCC(CC)NCc1ccc(Cl)s1. The molecule has 0 unspecified atom stereocenters. The summed E-state index contributed by atoms with van der Waals surface area (Å²) in [6.07, 6.45) is 2.38. The van der Waals surface area contributed by atoms with Gasteiger partial charge in [0.2, 0.25) is 0 Å². The Labute approximate surface area is 89.1 Å². The zero-order valence-corrected chi connectivity index (χ0v) is 9.71. The maximum Gasteiger partial charge on any atom is 0.0931 e. The molecule has 0 atom stereocenters. The van der Waals surface area contributed by atoms with Crippen LogP contribution < -0.4 is 5.32 Å². The highest BCUT2D eigenvalue weighted by Gasteiger charge is 2.03. The first-order valence-electron chi connectivity index (χ1n) is 4.73. The summed E-state index contributed by atoms with van der Waals surface area (Å²) in [4.78, 5) is 1.32. The second-order valence-electron chi connectivity index (χ2n) is 3.10. The third-order valence-corrected chi connectivity index (χ3v) is 3.41. The monoisotopic (exact) mass is 217 g/mol. The first-order chi connectivity index (χ1) is 6.26. The summed E-state index contributed by atoms with van der Waals surface area (Å²) >= 11 is 7.49. The maximum absolute atomic E-state index is 5.83. The highest BCUT2D eigenvalue weighted by atomic mass is 35.5. The molecule has 1 rings (SSSR count). The van der Waals surface area contributed by atoms with Crippen molar-refractivity contribution in [2.75, 3.05) is 0 Å². The largest absolute Gasteiger partial charge is 0.309 e. The van der Waals surface area contributed by atoms with Crippen LogP contribution in [0.2, 0.25) is 4.34 Å². The minimum absolute atomic E-state index is 0.640. The van der Waals surface area contributed by atoms with Crippen LogP contribution in [0.5, 0.6) is 0 Å². The molecule has 0 saturated carbocycles. The normalized spacial score (nSPS) is 11.1. The van der Waals surface area contributed by atoms with Gasteiger partial charge in [-0.2, -0.15) is 0 Å². The van der Waals surface area contributed by atoms with E-state index in [1.807, 2.05) is 6.07 Å². The van der Waals surface area contributed by atoms with Gasteiger partial charge in [0.15, 0.2) is 0 Å². The van der Waals surface area contributed by atoms with E-state index in [-0.39, 0.29) is 0 Å². The number of halogens is 1. The Balaban J connectivity index is 2.33. The first-order valence-corrected chi connectivity index (χ1v) is 5.93. The van der Waals surface area contributed by atoms with Crippen molar-refractivity contribution in [1.82, 2.24) is 5.32 Å². The van der Waals surface area contributed by atoms with Crippen molar-refractivity contribution in [3.8, 4) is 0 Å². The minimum Gasteiger partial charge on any atom is -0.309 e. The van der Waals surface area contributed by atoms with Crippen molar-refractivity contribution in [2.24, 2.45) is 0 Å². The van der Waals surface area contributed by atoms with Gasteiger partial charge in [-0.15, -0.1) is 11.3 Å². The van der Waals surface area contributed by atoms with Crippen LogP contribution in [0.15, 0.2) is 12.1 Å². The van der Waals surface area contributed by atoms with E-state index in [1.54, 1.807) is 11.3 Å². The number of thiophene rings is 1. The van der Waals surface area contributed by atoms with Crippen LogP contribution in [0.4, 0.5) is 0 Å². The van der Waals surface area contributed by atoms with Gasteiger partial charge in [0, 0.05) is 17.5 Å². The van der Waals surface area contributed by atoms with E-state index in [2.05, 4.69) is 25.2 Å². The molecule has 1 N–H and O–H groups in total. The summed E-state index contributed by atoms with van der Waals surface area (Å²) in [6.45, 7) is 5.37. The molecule has 3 heteroatoms. The lowest BCUT2D eigenvalue weighted by molar-refractivity contribution is 0.486. The molecular weight excluding hydrogens is 202 g/mol. The van der Waals surface area contributed by atoms with Gasteiger partial charge in [0.05, 0.1) is 4.34 Å². The third kappa shape index (κ3) is 3.67. The Morgan fingerprint density at radius 2 is 2.08 bits per heavy atom. The smallest absolute Gasteiger partial charge is 0.0931 e. The molecule has 74 valence electrons. The highest BCUT2D eigenvalue weighted by molar-refractivity contribution is 7.16. The Morgan fingerprint density at radius 3 is 2.54 bits per heavy atom. The zero-order chi connectivity index (χ0) is 9.68. The van der Waals surface area contributed by atoms with Gasteiger partial charge in [0.1, 0.15) is 0 Å². The van der Waals surface area contributed by atoms with Gasteiger partial charge in [-0.1, -0.05) is 25.4 Å². The van der Waals surface area contributed by atoms with Crippen LogP contribution in [0.25, 0.3) is 0 Å². The fourth-order valence-corrected chi connectivity index (χ4v) is 2.31. The standard InChI is InChI=1S/C10H16ClNS/c1-3-8(4-2)12-7-9-5-6-10(11)13-9/h5-6,8,12H,3-4,7H2,1-2H3. The summed E-state index contributed by atoms with van der Waals surface area (Å²) in [5, 5.41) is 3.50. The van der Waals surface area contributed by atoms with Gasteiger partial charge < -0.3 is 5.32 Å². The quantitative estimate of drug-likeness (QED) is 0.794. The Kier molecular flexibility index (Phi) is 4.78. The molecule has 0 aromatic carbocycles. The molecule has 0 spiro atoms. The average Bonchev–Trinajstić information content (AvgIpc) is 2.53. The van der Waals surface area contributed by atoms with Gasteiger partial charge in [-0.05, 0) is 25.0 Å². The highest BCUT2D eigenvalue weighted by Crippen LogP contribution is 2.21. The summed E-state index contributed by atoms with van der Waals surface area (Å²) in [5.74, 6) is 0. The molecule has 1 nitrogen and oxygen atoms in total. The van der Waals surface area contributed by atoms with Crippen molar-refractivity contribution >= 4 is 22.9 Å². The first kappa shape index (κ1) is 11.0. The van der Waals surface area contributed by atoms with Crippen LogP contribution >= 0.6 is 22.9 Å².